The molecule has 0 aromatic heterocycles. The maximum Gasteiger partial charge on any atom is 0.338 e. The van der Waals surface area contributed by atoms with Crippen molar-refractivity contribution in [2.75, 3.05) is 6.61 Å². The molecule has 2 aromatic carbocycles. The zero-order valence-corrected chi connectivity index (χ0v) is 18.5. The van der Waals surface area contributed by atoms with Crippen LogP contribution in [0.2, 0.25) is 0 Å². The Bertz CT molecular complexity index is 866. The highest BCUT2D eigenvalue weighted by Gasteiger charge is 2.37. The molecule has 0 aliphatic heterocycles. The van der Waals surface area contributed by atoms with E-state index >= 15 is 0 Å². The normalized spacial score (nSPS) is 16.9. The summed E-state index contributed by atoms with van der Waals surface area (Å²) in [6.45, 7) is 13.7. The lowest BCUT2D eigenvalue weighted by Crippen LogP contribution is -2.34. The number of carbonyl (C=O) groups is 1. The largest absolute Gasteiger partial charge is 0.462 e. The van der Waals surface area contributed by atoms with Gasteiger partial charge in [-0.15, -0.1) is 0 Å². The molecule has 28 heavy (non-hydrogen) atoms. The molecule has 3 rings (SSSR count). The van der Waals surface area contributed by atoms with E-state index in [0.717, 1.165) is 10.6 Å². The third kappa shape index (κ3) is 4.22. The molecule has 2 aromatic rings. The van der Waals surface area contributed by atoms with Crippen molar-refractivity contribution in [1.29, 1.82) is 0 Å². The molecule has 4 heteroatoms. The van der Waals surface area contributed by atoms with Crippen LogP contribution in [0.4, 0.5) is 0 Å². The van der Waals surface area contributed by atoms with E-state index in [9.17, 15) is 4.79 Å². The maximum atomic E-state index is 11.8. The minimum absolute atomic E-state index is 0.176. The standard InChI is InChI=1S/C24H30O3S/c1-7-26-22(25)17-8-10-18(11-9-17)27-28-21-15-20-19(14-16(21)2)23(3,4)12-13-24(20,5)6/h8-11,14-15H,7,12-13H2,1-6H3. The van der Waals surface area contributed by atoms with Crippen molar-refractivity contribution in [2.24, 2.45) is 0 Å². The van der Waals surface area contributed by atoms with Gasteiger partial charge in [0, 0.05) is 0 Å². The molecule has 0 unspecified atom stereocenters. The van der Waals surface area contributed by atoms with Gasteiger partial charge in [0.15, 0.2) is 0 Å². The summed E-state index contributed by atoms with van der Waals surface area (Å²) in [6, 6.07) is 11.7. The molecule has 1 aliphatic carbocycles. The highest BCUT2D eigenvalue weighted by atomic mass is 32.2. The fourth-order valence-electron chi connectivity index (χ4n) is 3.75. The van der Waals surface area contributed by atoms with E-state index in [0.29, 0.717) is 12.2 Å². The maximum absolute atomic E-state index is 11.8. The zero-order chi connectivity index (χ0) is 20.5. The Morgan fingerprint density at radius 3 is 2.14 bits per heavy atom. The van der Waals surface area contributed by atoms with Crippen molar-refractivity contribution in [3.8, 4) is 5.75 Å². The smallest absolute Gasteiger partial charge is 0.338 e. The fourth-order valence-corrected chi connectivity index (χ4v) is 4.40. The number of hydrogen-bond acceptors (Lipinski definition) is 4. The molecule has 0 atom stereocenters. The molecule has 150 valence electrons. The molecule has 0 N–H and O–H groups in total. The quantitative estimate of drug-likeness (QED) is 0.419. The molecule has 0 saturated heterocycles. The summed E-state index contributed by atoms with van der Waals surface area (Å²) in [4.78, 5) is 12.9. The Morgan fingerprint density at radius 1 is 1.00 bits per heavy atom. The van der Waals surface area contributed by atoms with Crippen molar-refractivity contribution in [1.82, 2.24) is 0 Å². The third-order valence-electron chi connectivity index (χ3n) is 5.74. The molecule has 0 spiro atoms. The molecule has 0 radical (unpaired) electrons. The lowest BCUT2D eigenvalue weighted by Gasteiger charge is -2.42. The lowest BCUT2D eigenvalue weighted by atomic mass is 9.63. The average Bonchev–Trinajstić information content (AvgIpc) is 2.65. The third-order valence-corrected chi connectivity index (χ3v) is 6.64. The first-order chi connectivity index (χ1) is 13.1. The SMILES string of the molecule is CCOC(=O)c1ccc(OSc2cc3c(cc2C)C(C)(C)CCC3(C)C)cc1. The first kappa shape index (κ1) is 20.8. The monoisotopic (exact) mass is 398 g/mol. The predicted molar refractivity (Wildman–Crippen MR) is 115 cm³/mol. The molecule has 0 heterocycles. The number of fused-ring (bicyclic) bond motifs is 1. The first-order valence-electron chi connectivity index (χ1n) is 9.91. The van der Waals surface area contributed by atoms with Crippen LogP contribution >= 0.6 is 12.0 Å². The minimum Gasteiger partial charge on any atom is -0.462 e. The molecule has 1 aliphatic rings. The highest BCUT2D eigenvalue weighted by molar-refractivity contribution is 7.95. The van der Waals surface area contributed by atoms with Gasteiger partial charge in [-0.25, -0.2) is 4.79 Å². The Hall–Kier alpha value is -1.94. The summed E-state index contributed by atoms with van der Waals surface area (Å²) in [7, 11) is 0. The number of esters is 1. The van der Waals surface area contributed by atoms with Gasteiger partial charge in [0.1, 0.15) is 5.75 Å². The van der Waals surface area contributed by atoms with Gasteiger partial charge >= 0.3 is 5.97 Å². The molecule has 3 nitrogen and oxygen atoms in total. The van der Waals surface area contributed by atoms with E-state index in [1.807, 2.05) is 0 Å². The second-order valence-electron chi connectivity index (χ2n) is 8.84. The Balaban J connectivity index is 1.79. The number of benzene rings is 2. The average molecular weight is 399 g/mol. The molecular weight excluding hydrogens is 368 g/mol. The van der Waals surface area contributed by atoms with Gasteiger partial charge in [-0.2, -0.15) is 0 Å². The second-order valence-corrected chi connectivity index (χ2v) is 9.62. The predicted octanol–water partition coefficient (Wildman–Crippen LogP) is 6.61. The Kier molecular flexibility index (Phi) is 5.81. The summed E-state index contributed by atoms with van der Waals surface area (Å²) in [5.41, 5.74) is 5.05. The van der Waals surface area contributed by atoms with E-state index in [1.54, 1.807) is 31.2 Å². The number of hydrogen-bond donors (Lipinski definition) is 0. The summed E-state index contributed by atoms with van der Waals surface area (Å²) < 4.78 is 11.0. The van der Waals surface area contributed by atoms with Gasteiger partial charge in [0.05, 0.1) is 29.1 Å². The minimum atomic E-state index is -0.308. The van der Waals surface area contributed by atoms with Crippen LogP contribution in [0.3, 0.4) is 0 Å². The van der Waals surface area contributed by atoms with Crippen LogP contribution in [0.15, 0.2) is 41.3 Å². The van der Waals surface area contributed by atoms with Crippen LogP contribution in [0.25, 0.3) is 0 Å². The van der Waals surface area contributed by atoms with Crippen molar-refractivity contribution in [2.45, 2.75) is 70.1 Å². The number of ether oxygens (including phenoxy) is 1. The van der Waals surface area contributed by atoms with E-state index in [2.05, 4.69) is 46.8 Å². The summed E-state index contributed by atoms with van der Waals surface area (Å²) >= 11 is 1.38. The number of aryl methyl sites for hydroxylation is 1. The van der Waals surface area contributed by atoms with Crippen LogP contribution in [-0.4, -0.2) is 12.6 Å². The van der Waals surface area contributed by atoms with Gasteiger partial charge in [-0.1, -0.05) is 33.8 Å². The van der Waals surface area contributed by atoms with Gasteiger partial charge in [-0.05, 0) is 84.5 Å². The van der Waals surface area contributed by atoms with Gasteiger partial charge in [0.25, 0.3) is 0 Å². The molecular formula is C24H30O3S. The second kappa shape index (κ2) is 7.82. The lowest BCUT2D eigenvalue weighted by molar-refractivity contribution is 0.0526. The van der Waals surface area contributed by atoms with Crippen LogP contribution in [0.5, 0.6) is 5.75 Å². The fraction of sp³-hybridized carbons (Fsp3) is 0.458. The topological polar surface area (TPSA) is 35.5 Å². The molecule has 0 fully saturated rings. The number of carbonyl (C=O) groups excluding carboxylic acids is 1. The molecule has 0 saturated carbocycles. The van der Waals surface area contributed by atoms with Crippen LogP contribution in [-0.2, 0) is 15.6 Å². The highest BCUT2D eigenvalue weighted by Crippen LogP contribution is 2.47. The van der Waals surface area contributed by atoms with Crippen molar-refractivity contribution < 1.29 is 13.7 Å². The molecule has 0 bridgehead atoms. The van der Waals surface area contributed by atoms with Crippen LogP contribution < -0.4 is 4.18 Å². The van der Waals surface area contributed by atoms with Crippen LogP contribution in [0, 0.1) is 6.92 Å². The summed E-state index contributed by atoms with van der Waals surface area (Å²) in [6.07, 6.45) is 2.40. The number of rotatable bonds is 5. The van der Waals surface area contributed by atoms with E-state index in [1.165, 1.54) is 41.6 Å². The summed E-state index contributed by atoms with van der Waals surface area (Å²) in [5, 5.41) is 0. The van der Waals surface area contributed by atoms with Crippen molar-refractivity contribution in [3.05, 3.63) is 58.7 Å². The van der Waals surface area contributed by atoms with Crippen LogP contribution in [0.1, 0.15) is 74.5 Å². The first-order valence-corrected chi connectivity index (χ1v) is 10.7. The summed E-state index contributed by atoms with van der Waals surface area (Å²) in [5.74, 6) is 0.409. The Morgan fingerprint density at radius 2 is 1.57 bits per heavy atom. The van der Waals surface area contributed by atoms with Crippen molar-refractivity contribution in [3.63, 3.8) is 0 Å². The van der Waals surface area contributed by atoms with Gasteiger partial charge < -0.3 is 8.92 Å². The molecule has 0 amide bonds. The van der Waals surface area contributed by atoms with Crippen molar-refractivity contribution >= 4 is 18.0 Å². The Labute approximate surface area is 173 Å². The van der Waals surface area contributed by atoms with Gasteiger partial charge in [-0.3, -0.25) is 0 Å². The zero-order valence-electron chi connectivity index (χ0n) is 17.7. The van der Waals surface area contributed by atoms with E-state index in [4.69, 9.17) is 8.92 Å². The van der Waals surface area contributed by atoms with Gasteiger partial charge in [0.2, 0.25) is 0 Å². The van der Waals surface area contributed by atoms with E-state index < -0.39 is 0 Å². The van der Waals surface area contributed by atoms with E-state index in [-0.39, 0.29) is 16.8 Å².